The number of imide groups is 1. The number of fused-ring (bicyclic) bond motifs is 1. The first kappa shape index (κ1) is 29.9. The number of benzene rings is 1. The minimum absolute atomic E-state index is 0.0386. The summed E-state index contributed by atoms with van der Waals surface area (Å²) < 4.78 is 30.3. The zero-order valence-electron chi connectivity index (χ0n) is 22.2. The predicted molar refractivity (Wildman–Crippen MR) is 134 cm³/mol. The molecule has 2 aliphatic heterocycles. The number of aliphatic hydroxyl groups is 2. The Hall–Kier alpha value is -2.63. The Labute approximate surface area is 221 Å². The molecule has 2 N–H and O–H groups in total. The van der Waals surface area contributed by atoms with Crippen LogP contribution >= 0.6 is 7.60 Å². The van der Waals surface area contributed by atoms with E-state index in [0.717, 1.165) is 9.80 Å². The van der Waals surface area contributed by atoms with Crippen LogP contribution in [0.4, 0.5) is 0 Å². The number of β-lactam (4-membered cyclic amide) rings is 1. The highest BCUT2D eigenvalue weighted by molar-refractivity contribution is 7.55. The zero-order chi connectivity index (χ0) is 28.4. The van der Waals surface area contributed by atoms with Crippen molar-refractivity contribution in [3.63, 3.8) is 0 Å². The van der Waals surface area contributed by atoms with Crippen LogP contribution in [0.5, 0.6) is 0 Å². The molecule has 2 aliphatic rings. The Morgan fingerprint density at radius 1 is 1.05 bits per heavy atom. The van der Waals surface area contributed by atoms with E-state index in [-0.39, 0.29) is 37.2 Å². The molecule has 0 saturated carbocycles. The number of aliphatic hydroxyl groups excluding tert-OH is 2. The first-order valence-corrected chi connectivity index (χ1v) is 14.1. The van der Waals surface area contributed by atoms with Crippen molar-refractivity contribution in [1.29, 1.82) is 0 Å². The minimum atomic E-state index is -4.34. The number of amides is 3. The smallest absolute Gasteiger partial charge is 0.364 e. The SMILES string of the molecule is CCOP(=O)(OCC)C(C(=O)OC(C)(C)C)N1C(=O)[C@@H](N2C(=O)c3ccccc3C2=O)[C@H]1CCC(O)CO. The standard InChI is InChI=1S/C25H35N2O10P/c1-6-35-38(34,36-7-2)23(24(33)37-25(3,4)5)26-18(13-12-15(29)14-28)19(22(26)32)27-20(30)16-10-8-9-11-17(16)21(27)31/h8-11,15,18-19,23,28-29H,6-7,12-14H2,1-5H3/t15?,18-,19+,23?/m1/s1. The van der Waals surface area contributed by atoms with Gasteiger partial charge in [-0.1, -0.05) is 12.1 Å². The monoisotopic (exact) mass is 554 g/mol. The number of ether oxygens (including phenoxy) is 1. The third-order valence-corrected chi connectivity index (χ3v) is 8.43. The molecular formula is C25H35N2O10P. The average molecular weight is 555 g/mol. The number of rotatable bonds is 12. The van der Waals surface area contributed by atoms with E-state index in [9.17, 15) is 34.0 Å². The fourth-order valence-corrected chi connectivity index (χ4v) is 6.61. The van der Waals surface area contributed by atoms with Crippen LogP contribution in [0.25, 0.3) is 0 Å². The first-order chi connectivity index (χ1) is 17.8. The van der Waals surface area contributed by atoms with Gasteiger partial charge in [0.05, 0.1) is 43.1 Å². The summed E-state index contributed by atoms with van der Waals surface area (Å²) in [7, 11) is -4.34. The van der Waals surface area contributed by atoms with Crippen molar-refractivity contribution in [1.82, 2.24) is 9.80 Å². The summed E-state index contributed by atoms with van der Waals surface area (Å²) in [5, 5.41) is 19.3. The van der Waals surface area contributed by atoms with E-state index in [0.29, 0.717) is 0 Å². The lowest BCUT2D eigenvalue weighted by Crippen LogP contribution is -2.74. The minimum Gasteiger partial charge on any atom is -0.458 e. The van der Waals surface area contributed by atoms with Gasteiger partial charge < -0.3 is 28.9 Å². The molecule has 4 atom stereocenters. The average Bonchev–Trinajstić information content (AvgIpc) is 3.08. The quantitative estimate of drug-likeness (QED) is 0.169. The van der Waals surface area contributed by atoms with Gasteiger partial charge in [0.15, 0.2) is 0 Å². The van der Waals surface area contributed by atoms with Crippen molar-refractivity contribution >= 4 is 31.3 Å². The summed E-state index contributed by atoms with van der Waals surface area (Å²) in [6.45, 7) is 7.13. The zero-order valence-corrected chi connectivity index (χ0v) is 23.1. The molecule has 12 nitrogen and oxygen atoms in total. The Balaban J connectivity index is 2.07. The van der Waals surface area contributed by atoms with Crippen molar-refractivity contribution in [3.05, 3.63) is 35.4 Å². The molecule has 0 aromatic heterocycles. The third-order valence-electron chi connectivity index (χ3n) is 6.14. The maximum absolute atomic E-state index is 13.9. The first-order valence-electron chi connectivity index (χ1n) is 12.5. The Morgan fingerprint density at radius 2 is 1.58 bits per heavy atom. The van der Waals surface area contributed by atoms with Gasteiger partial charge in [-0.3, -0.25) is 23.8 Å². The second kappa shape index (κ2) is 11.6. The number of hydrogen-bond acceptors (Lipinski definition) is 10. The van der Waals surface area contributed by atoms with E-state index in [1.165, 1.54) is 12.1 Å². The van der Waals surface area contributed by atoms with Gasteiger partial charge in [-0.25, -0.2) is 4.79 Å². The number of nitrogens with zero attached hydrogens (tertiary/aromatic N) is 2. The van der Waals surface area contributed by atoms with Crippen LogP contribution in [-0.2, 0) is 27.9 Å². The molecule has 1 saturated heterocycles. The highest BCUT2D eigenvalue weighted by Crippen LogP contribution is 2.57. The lowest BCUT2D eigenvalue weighted by molar-refractivity contribution is -0.174. The summed E-state index contributed by atoms with van der Waals surface area (Å²) >= 11 is 0. The van der Waals surface area contributed by atoms with Crippen LogP contribution in [0, 0.1) is 0 Å². The molecule has 0 radical (unpaired) electrons. The Bertz CT molecular complexity index is 1090. The number of hydrogen-bond donors (Lipinski definition) is 2. The molecule has 1 aromatic carbocycles. The second-order valence-corrected chi connectivity index (χ2v) is 12.1. The van der Waals surface area contributed by atoms with Crippen molar-refractivity contribution in [2.75, 3.05) is 19.8 Å². The summed E-state index contributed by atoms with van der Waals surface area (Å²) in [5.74, 6) is -5.04. The van der Waals surface area contributed by atoms with Gasteiger partial charge in [0.25, 0.3) is 11.8 Å². The van der Waals surface area contributed by atoms with Crippen LogP contribution in [-0.4, -0.2) is 93.1 Å². The molecule has 0 spiro atoms. The van der Waals surface area contributed by atoms with Gasteiger partial charge in [-0.15, -0.1) is 0 Å². The summed E-state index contributed by atoms with van der Waals surface area (Å²) in [6, 6.07) is 3.76. The highest BCUT2D eigenvalue weighted by atomic mass is 31.2. The molecule has 2 unspecified atom stereocenters. The summed E-state index contributed by atoms with van der Waals surface area (Å²) in [6.07, 6.45) is -1.25. The number of likely N-dealkylation sites (tertiary alicyclic amines) is 1. The summed E-state index contributed by atoms with van der Waals surface area (Å²) in [4.78, 5) is 55.3. The van der Waals surface area contributed by atoms with Crippen molar-refractivity contribution in [2.45, 2.75) is 77.0 Å². The van der Waals surface area contributed by atoms with E-state index < -0.39 is 67.5 Å². The van der Waals surface area contributed by atoms with Crippen LogP contribution in [0.15, 0.2) is 24.3 Å². The normalized spacial score (nSPS) is 21.3. The molecule has 13 heteroatoms. The maximum Gasteiger partial charge on any atom is 0.364 e. The Kier molecular flexibility index (Phi) is 9.16. The molecule has 1 fully saturated rings. The number of carbonyl (C=O) groups is 4. The molecule has 1 aromatic rings. The molecule has 0 bridgehead atoms. The van der Waals surface area contributed by atoms with Gasteiger partial charge in [0.1, 0.15) is 11.6 Å². The Morgan fingerprint density at radius 3 is 2.03 bits per heavy atom. The van der Waals surface area contributed by atoms with Gasteiger partial charge in [-0.2, -0.15) is 0 Å². The van der Waals surface area contributed by atoms with Gasteiger partial charge >= 0.3 is 13.6 Å². The molecule has 0 aliphatic carbocycles. The largest absolute Gasteiger partial charge is 0.458 e. The fourth-order valence-electron chi connectivity index (χ4n) is 4.63. The second-order valence-electron chi connectivity index (χ2n) is 9.98. The summed E-state index contributed by atoms with van der Waals surface area (Å²) in [5.41, 5.74) is -0.747. The van der Waals surface area contributed by atoms with Crippen molar-refractivity contribution in [2.24, 2.45) is 0 Å². The molecule has 38 heavy (non-hydrogen) atoms. The molecule has 210 valence electrons. The van der Waals surface area contributed by atoms with Crippen LogP contribution in [0.3, 0.4) is 0 Å². The van der Waals surface area contributed by atoms with E-state index in [1.54, 1.807) is 46.8 Å². The molecule has 3 rings (SSSR count). The van der Waals surface area contributed by atoms with Gasteiger partial charge in [0, 0.05) is 0 Å². The topological polar surface area (TPSA) is 160 Å². The van der Waals surface area contributed by atoms with Gasteiger partial charge in [0.2, 0.25) is 11.7 Å². The maximum atomic E-state index is 13.9. The van der Waals surface area contributed by atoms with Crippen LogP contribution < -0.4 is 0 Å². The van der Waals surface area contributed by atoms with Gasteiger partial charge in [-0.05, 0) is 59.6 Å². The lowest BCUT2D eigenvalue weighted by atomic mass is 9.88. The lowest BCUT2D eigenvalue weighted by Gasteiger charge is -2.52. The van der Waals surface area contributed by atoms with E-state index in [4.69, 9.17) is 13.8 Å². The highest BCUT2D eigenvalue weighted by Gasteiger charge is 2.63. The van der Waals surface area contributed by atoms with Crippen molar-refractivity contribution < 1.29 is 47.7 Å². The van der Waals surface area contributed by atoms with Crippen LogP contribution in [0.1, 0.15) is 68.2 Å². The van der Waals surface area contributed by atoms with E-state index in [1.807, 2.05) is 0 Å². The van der Waals surface area contributed by atoms with Crippen LogP contribution in [0.2, 0.25) is 0 Å². The fraction of sp³-hybridized carbons (Fsp3) is 0.600. The van der Waals surface area contributed by atoms with E-state index in [2.05, 4.69) is 0 Å². The third kappa shape index (κ3) is 5.69. The number of esters is 1. The van der Waals surface area contributed by atoms with E-state index >= 15 is 0 Å². The number of carbonyl (C=O) groups excluding carboxylic acids is 4. The molecular weight excluding hydrogens is 519 g/mol. The predicted octanol–water partition coefficient (Wildman–Crippen LogP) is 1.93. The van der Waals surface area contributed by atoms with Crippen molar-refractivity contribution in [3.8, 4) is 0 Å². The molecule has 3 amide bonds. The molecule has 2 heterocycles.